The smallest absolute Gasteiger partial charge is 0.407 e. The van der Waals surface area contributed by atoms with E-state index in [-0.39, 0.29) is 92.6 Å². The fourth-order valence-electron chi connectivity index (χ4n) is 10.2. The molecule has 0 radical (unpaired) electrons. The van der Waals surface area contributed by atoms with E-state index in [9.17, 15) is 24.0 Å². The number of esters is 2. The first-order chi connectivity index (χ1) is 32.9. The van der Waals surface area contributed by atoms with Gasteiger partial charge in [-0.25, -0.2) is 13.9 Å². The van der Waals surface area contributed by atoms with E-state index < -0.39 is 22.5 Å². The number of aromatic nitrogens is 6. The van der Waals surface area contributed by atoms with Crippen molar-refractivity contribution in [2.45, 2.75) is 118 Å². The van der Waals surface area contributed by atoms with Gasteiger partial charge in [0.2, 0.25) is 13.5 Å². The first kappa shape index (κ1) is 55.6. The van der Waals surface area contributed by atoms with Crippen LogP contribution in [0.5, 0.6) is 0 Å². The van der Waals surface area contributed by atoms with E-state index in [1.807, 2.05) is 98.3 Å². The monoisotopic (exact) mass is 1050 g/mol. The minimum atomic E-state index is -0.682. The molecular weight excluding hydrogens is 983 g/mol. The Bertz CT molecular complexity index is 3010. The first-order valence-electron chi connectivity index (χ1n) is 24.3. The number of alkyl carbamates (subject to hydrolysis) is 1. The summed E-state index contributed by atoms with van der Waals surface area (Å²) in [5, 5.41) is 4.78. The molecular formula is C53H69Cl3N8O8+2. The molecule has 2 atom stereocenters. The summed E-state index contributed by atoms with van der Waals surface area (Å²) in [6.45, 7) is 11.3. The summed E-state index contributed by atoms with van der Waals surface area (Å²) in [7, 11) is 4.08. The Labute approximate surface area is 438 Å². The summed E-state index contributed by atoms with van der Waals surface area (Å²) >= 11 is 0. The standard InChI is InChI=1S/C29H36N4O5.C24H29N4O3.3ClH/c1-19-32(16-20-10-11-23-24(25(20)34)21-8-6-7-9-22(21)31(23)5)14-15-33(19)18-37-26(35)29(12-13-29)17-30-27(36)38-28(2,3)4;1-16-27(11-12-28(16)15-31-23(30)24(14-25)9-10-24)13-17-7-8-20-21(22(17)29)18-5-3-4-6-19(18)26(20)2;;;/h6-9,14-15,20H,10-13,16-18H2,1-5H3;3-6,11-12,17H,7-10,13-15,25H2,1-2H3;3*1H/q;+1;;;/p+1. The Morgan fingerprint density at radius 2 is 1.11 bits per heavy atom. The van der Waals surface area contributed by atoms with Crippen LogP contribution in [0.3, 0.4) is 0 Å². The highest BCUT2D eigenvalue weighted by molar-refractivity contribution is 6.12. The second-order valence-electron chi connectivity index (χ2n) is 20.7. The largest absolute Gasteiger partial charge is 0.444 e. The fraction of sp³-hybridized carbons (Fsp3) is 0.491. The van der Waals surface area contributed by atoms with Gasteiger partial charge < -0.3 is 34.4 Å². The van der Waals surface area contributed by atoms with Crippen molar-refractivity contribution in [1.82, 2.24) is 23.6 Å². The molecule has 4 aromatic heterocycles. The Kier molecular flexibility index (Phi) is 16.8. The molecule has 388 valence electrons. The van der Waals surface area contributed by atoms with Gasteiger partial charge in [0.25, 0.3) is 11.6 Å². The van der Waals surface area contributed by atoms with Gasteiger partial charge in [-0.2, -0.15) is 9.13 Å². The highest BCUT2D eigenvalue weighted by atomic mass is 35.5. The number of benzene rings is 2. The molecule has 6 aromatic rings. The number of nitrogens with zero attached hydrogens (tertiary/aromatic N) is 6. The Morgan fingerprint density at radius 3 is 1.51 bits per heavy atom. The van der Waals surface area contributed by atoms with Crippen molar-refractivity contribution in [3.8, 4) is 0 Å². The van der Waals surface area contributed by atoms with Gasteiger partial charge in [-0.1, -0.05) is 36.4 Å². The predicted molar refractivity (Wildman–Crippen MR) is 277 cm³/mol. The number of nitrogens with one attached hydrogen (secondary N) is 1. The van der Waals surface area contributed by atoms with Crippen molar-refractivity contribution < 1.29 is 47.3 Å². The number of rotatable bonds is 13. The number of ketones is 2. The molecule has 1 amide bonds. The molecule has 4 aliphatic carbocycles. The van der Waals surface area contributed by atoms with Crippen LogP contribution in [-0.2, 0) is 77.3 Å². The highest BCUT2D eigenvalue weighted by Crippen LogP contribution is 2.47. The number of carbonyl (C=O) groups is 5. The zero-order chi connectivity index (χ0) is 49.0. The number of hydrogen-bond donors (Lipinski definition) is 2. The molecule has 2 saturated carbocycles. The number of halogens is 3. The van der Waals surface area contributed by atoms with E-state index in [2.05, 4.69) is 35.7 Å². The molecule has 2 unspecified atom stereocenters. The molecule has 0 aliphatic heterocycles. The van der Waals surface area contributed by atoms with Crippen LogP contribution >= 0.6 is 37.2 Å². The van der Waals surface area contributed by atoms with E-state index in [0.29, 0.717) is 32.5 Å². The maximum absolute atomic E-state index is 13.5. The molecule has 19 heteroatoms. The average molecular weight is 1050 g/mol. The van der Waals surface area contributed by atoms with Gasteiger partial charge >= 0.3 is 18.0 Å². The third kappa shape index (κ3) is 10.8. The molecule has 72 heavy (non-hydrogen) atoms. The third-order valence-electron chi connectivity index (χ3n) is 15.1. The van der Waals surface area contributed by atoms with E-state index >= 15 is 0 Å². The van der Waals surface area contributed by atoms with Gasteiger partial charge in [0.15, 0.2) is 11.6 Å². The molecule has 0 saturated heterocycles. The van der Waals surface area contributed by atoms with Crippen LogP contribution in [-0.4, -0.2) is 66.6 Å². The lowest BCUT2D eigenvalue weighted by Crippen LogP contribution is -2.42. The van der Waals surface area contributed by atoms with Gasteiger partial charge in [-0.15, -0.1) is 37.2 Å². The van der Waals surface area contributed by atoms with Crippen molar-refractivity contribution in [2.75, 3.05) is 13.1 Å². The molecule has 4 aliphatic rings. The lowest BCUT2D eigenvalue weighted by Gasteiger charge is -2.21. The summed E-state index contributed by atoms with van der Waals surface area (Å²) in [6.07, 6.45) is 13.5. The number of carbonyl (C=O) groups excluding carboxylic acids is 5. The number of nitrogens with two attached hydrogens (primary N) is 1. The number of Topliss-reactive ketones (excluding diaryl/α,β-unsaturated/α-hetero) is 2. The van der Waals surface area contributed by atoms with Crippen molar-refractivity contribution in [1.29, 1.82) is 0 Å². The van der Waals surface area contributed by atoms with Crippen molar-refractivity contribution in [2.24, 2.45) is 42.5 Å². The number of aryl methyl sites for hydroxylation is 2. The Balaban J connectivity index is 0.000000230. The average Bonchev–Trinajstić information content (AvgIpc) is 4.20. The number of imidazole rings is 2. The van der Waals surface area contributed by atoms with Crippen LogP contribution in [0.15, 0.2) is 73.3 Å². The highest BCUT2D eigenvalue weighted by Gasteiger charge is 2.52. The third-order valence-corrected chi connectivity index (χ3v) is 15.1. The molecule has 10 rings (SSSR count). The summed E-state index contributed by atoms with van der Waals surface area (Å²) in [6, 6.07) is 16.2. The van der Waals surface area contributed by atoms with Gasteiger partial charge in [0, 0.05) is 85.4 Å². The van der Waals surface area contributed by atoms with E-state index in [1.54, 1.807) is 20.8 Å². The maximum atomic E-state index is 13.5. The quantitative estimate of drug-likeness (QED) is 0.0680. The summed E-state index contributed by atoms with van der Waals surface area (Å²) in [4.78, 5) is 64.0. The topological polar surface area (TPSA) is 179 Å². The zero-order valence-corrected chi connectivity index (χ0v) is 44.7. The fourth-order valence-corrected chi connectivity index (χ4v) is 10.2. The van der Waals surface area contributed by atoms with E-state index in [1.165, 1.54) is 0 Å². The Hall–Kier alpha value is -5.68. The number of fused-ring (bicyclic) bond motifs is 6. The van der Waals surface area contributed by atoms with Crippen LogP contribution in [0.25, 0.3) is 21.8 Å². The van der Waals surface area contributed by atoms with Crippen LogP contribution in [0.1, 0.15) is 103 Å². The van der Waals surface area contributed by atoms with Crippen LogP contribution < -0.4 is 20.2 Å². The molecule has 4 heterocycles. The van der Waals surface area contributed by atoms with Crippen LogP contribution in [0.4, 0.5) is 4.79 Å². The zero-order valence-electron chi connectivity index (χ0n) is 42.2. The second kappa shape index (κ2) is 21.8. The SMILES string of the molecule is Cc1n(CC2CCc3c(c4ccccc4n3C)C2=O)cc[n+]1COC(=O)C1(CN)CC1.Cc1n(CC2CCc3c(c4ccccc4n3C)C2=O)cc[n+]1COC(=O)C1(CNC(=O)OC(C)(C)C)CC1.Cl.Cl.Cl. The molecule has 16 nitrogen and oxygen atoms in total. The minimum Gasteiger partial charge on any atom is -0.444 e. The predicted octanol–water partition coefficient (Wildman–Crippen LogP) is 7.35. The van der Waals surface area contributed by atoms with Crippen LogP contribution in [0, 0.1) is 36.5 Å². The lowest BCUT2D eigenvalue weighted by atomic mass is 9.85. The maximum Gasteiger partial charge on any atom is 0.407 e. The summed E-state index contributed by atoms with van der Waals surface area (Å²) in [5.74, 6) is 1.59. The van der Waals surface area contributed by atoms with Gasteiger partial charge in [-0.3, -0.25) is 19.2 Å². The van der Waals surface area contributed by atoms with Crippen LogP contribution in [0.2, 0.25) is 0 Å². The van der Waals surface area contributed by atoms with E-state index in [4.69, 9.17) is 19.9 Å². The Morgan fingerprint density at radius 1 is 0.694 bits per heavy atom. The van der Waals surface area contributed by atoms with Gasteiger partial charge in [0.1, 0.15) is 43.5 Å². The molecule has 0 spiro atoms. The number of para-hydroxylation sites is 2. The van der Waals surface area contributed by atoms with Crippen molar-refractivity contribution in [3.05, 3.63) is 107 Å². The van der Waals surface area contributed by atoms with Crippen molar-refractivity contribution >= 4 is 88.6 Å². The molecule has 2 fully saturated rings. The van der Waals surface area contributed by atoms with Gasteiger partial charge in [0.05, 0.1) is 22.7 Å². The first-order valence-corrected chi connectivity index (χ1v) is 24.3. The minimum absolute atomic E-state index is 0. The van der Waals surface area contributed by atoms with Crippen molar-refractivity contribution in [3.63, 3.8) is 0 Å². The molecule has 2 aromatic carbocycles. The number of amides is 1. The number of hydrogen-bond acceptors (Lipinski definition) is 9. The lowest BCUT2D eigenvalue weighted by molar-refractivity contribution is -0.733. The summed E-state index contributed by atoms with van der Waals surface area (Å²) in [5.41, 5.74) is 10.2. The second-order valence-corrected chi connectivity index (χ2v) is 20.7. The normalized spacial score (nSPS) is 18.0. The molecule has 0 bridgehead atoms. The summed E-state index contributed by atoms with van der Waals surface area (Å²) < 4.78 is 28.6. The van der Waals surface area contributed by atoms with E-state index in [0.717, 1.165) is 94.5 Å². The number of ether oxygens (including phenoxy) is 3. The van der Waals surface area contributed by atoms with Gasteiger partial charge in [-0.05, 0) is 84.3 Å². The molecule has 3 N–H and O–H groups in total.